The molecule has 0 aliphatic rings. The van der Waals surface area contributed by atoms with Gasteiger partial charge in [0.2, 0.25) is 17.7 Å². The third-order valence-corrected chi connectivity index (χ3v) is 7.45. The Hall–Kier alpha value is -3.86. The normalized spacial score (nSPS) is 12.6. The Morgan fingerprint density at radius 1 is 0.886 bits per heavy atom. The van der Waals surface area contributed by atoms with Crippen LogP contribution in [-0.2, 0) is 41.7 Å². The van der Waals surface area contributed by atoms with Crippen molar-refractivity contribution < 1.29 is 28.7 Å². The molecular weight excluding hydrogens is 562 g/mol. The summed E-state index contributed by atoms with van der Waals surface area (Å²) in [4.78, 5) is 68.6. The average Bonchev–Trinajstić information content (AvgIpc) is 3.50. The molecular formula is C33H49N5O6. The molecule has 0 saturated carbocycles. The minimum Gasteiger partial charge on any atom is -0.383 e. The largest absolute Gasteiger partial charge is 0.383 e. The van der Waals surface area contributed by atoms with E-state index in [4.69, 9.17) is 4.74 Å². The lowest BCUT2D eigenvalue weighted by atomic mass is 9.72. The van der Waals surface area contributed by atoms with Crippen LogP contribution in [0.4, 0.5) is 0 Å². The molecule has 242 valence electrons. The third-order valence-electron chi connectivity index (χ3n) is 7.45. The fourth-order valence-corrected chi connectivity index (χ4v) is 5.22. The number of nitrogens with one attached hydrogen (secondary N) is 3. The standard InChI is InChI=1S/C33H49N5O6/c1-25(39)20-27(21-29(40)35-13-8-12-26-10-6-5-7-11-26)31(42)33(2,3)23-28(32(43)37-16-19-44-4)22-30(41)36-14-9-17-38-18-15-34-24-38/h5-7,10-11,15,18,24,27-28H,8-9,12-14,16-17,19-23H2,1-4H3,(H,35,40)(H,36,41)(H,37,43). The van der Waals surface area contributed by atoms with Crippen molar-refractivity contribution in [2.24, 2.45) is 17.3 Å². The Balaban J connectivity index is 1.99. The Bertz CT molecular complexity index is 1180. The van der Waals surface area contributed by atoms with Gasteiger partial charge < -0.3 is 30.0 Å². The molecule has 3 amide bonds. The van der Waals surface area contributed by atoms with Crippen molar-refractivity contribution in [1.29, 1.82) is 0 Å². The van der Waals surface area contributed by atoms with Crippen LogP contribution in [0.15, 0.2) is 49.1 Å². The fourth-order valence-electron chi connectivity index (χ4n) is 5.22. The van der Waals surface area contributed by atoms with Crippen molar-refractivity contribution in [3.05, 3.63) is 54.6 Å². The van der Waals surface area contributed by atoms with E-state index in [-0.39, 0.29) is 61.5 Å². The zero-order valence-corrected chi connectivity index (χ0v) is 26.6. The Labute approximate surface area is 260 Å². The van der Waals surface area contributed by atoms with Crippen LogP contribution in [0.25, 0.3) is 0 Å². The topological polar surface area (TPSA) is 148 Å². The van der Waals surface area contributed by atoms with Crippen molar-refractivity contribution in [2.45, 2.75) is 72.3 Å². The summed E-state index contributed by atoms with van der Waals surface area (Å²) in [5.74, 6) is -3.02. The van der Waals surface area contributed by atoms with Gasteiger partial charge in [-0.05, 0) is 38.2 Å². The molecule has 2 rings (SSSR count). The number of ether oxygens (including phenoxy) is 1. The molecule has 0 saturated heterocycles. The van der Waals surface area contributed by atoms with E-state index in [1.807, 2.05) is 41.1 Å². The highest BCUT2D eigenvalue weighted by Crippen LogP contribution is 2.33. The number of nitrogens with zero attached hydrogens (tertiary/aromatic N) is 2. The number of ketones is 2. The molecule has 0 radical (unpaired) electrons. The molecule has 11 nitrogen and oxygen atoms in total. The Morgan fingerprint density at radius 2 is 1.55 bits per heavy atom. The maximum atomic E-state index is 13.8. The second kappa shape index (κ2) is 19.4. The molecule has 2 unspecified atom stereocenters. The summed E-state index contributed by atoms with van der Waals surface area (Å²) in [6, 6.07) is 9.96. The molecule has 0 fully saturated rings. The maximum Gasteiger partial charge on any atom is 0.223 e. The van der Waals surface area contributed by atoms with Crippen molar-refractivity contribution in [3.63, 3.8) is 0 Å². The van der Waals surface area contributed by atoms with Gasteiger partial charge in [0, 0.05) is 82.2 Å². The first-order valence-corrected chi connectivity index (χ1v) is 15.3. The Kier molecular flexibility index (Phi) is 16.0. The quantitative estimate of drug-likeness (QED) is 0.173. The number of hydrogen-bond donors (Lipinski definition) is 3. The van der Waals surface area contributed by atoms with Crippen molar-refractivity contribution in [2.75, 3.05) is 33.4 Å². The molecule has 0 aliphatic heterocycles. The maximum absolute atomic E-state index is 13.8. The van der Waals surface area contributed by atoms with Crippen LogP contribution in [0.1, 0.15) is 64.9 Å². The van der Waals surface area contributed by atoms with Gasteiger partial charge in [-0.25, -0.2) is 4.98 Å². The number of aromatic nitrogens is 2. The summed E-state index contributed by atoms with van der Waals surface area (Å²) >= 11 is 0. The minimum atomic E-state index is -1.07. The summed E-state index contributed by atoms with van der Waals surface area (Å²) < 4.78 is 6.94. The van der Waals surface area contributed by atoms with Gasteiger partial charge in [-0.15, -0.1) is 0 Å². The number of Topliss-reactive ketones (excluding diaryl/α,β-unsaturated/α-hetero) is 2. The number of carbonyl (C=O) groups is 5. The Morgan fingerprint density at radius 3 is 2.16 bits per heavy atom. The zero-order valence-electron chi connectivity index (χ0n) is 26.6. The number of carbonyl (C=O) groups excluding carboxylic acids is 5. The number of rotatable bonds is 22. The molecule has 1 aromatic heterocycles. The van der Waals surface area contributed by atoms with Gasteiger partial charge in [0.25, 0.3) is 0 Å². The van der Waals surface area contributed by atoms with Gasteiger partial charge in [0.1, 0.15) is 11.6 Å². The number of methoxy groups -OCH3 is 1. The van der Waals surface area contributed by atoms with E-state index in [2.05, 4.69) is 20.9 Å². The highest BCUT2D eigenvalue weighted by Gasteiger charge is 2.39. The SMILES string of the molecule is COCCNC(=O)C(CC(=O)NCCCn1ccnc1)CC(C)(C)C(=O)C(CC(C)=O)CC(=O)NCCCc1ccccc1. The predicted molar refractivity (Wildman–Crippen MR) is 167 cm³/mol. The molecule has 0 spiro atoms. The number of aryl methyl sites for hydroxylation is 2. The molecule has 2 aromatic rings. The first kappa shape index (κ1) is 36.3. The van der Waals surface area contributed by atoms with Crippen LogP contribution >= 0.6 is 0 Å². The van der Waals surface area contributed by atoms with Crippen LogP contribution in [0.3, 0.4) is 0 Å². The lowest BCUT2D eigenvalue weighted by Crippen LogP contribution is -2.42. The van der Waals surface area contributed by atoms with E-state index >= 15 is 0 Å². The fraction of sp³-hybridized carbons (Fsp3) is 0.576. The van der Waals surface area contributed by atoms with Crippen molar-refractivity contribution in [3.8, 4) is 0 Å². The van der Waals surface area contributed by atoms with Crippen LogP contribution in [0.5, 0.6) is 0 Å². The van der Waals surface area contributed by atoms with E-state index in [9.17, 15) is 24.0 Å². The highest BCUT2D eigenvalue weighted by atomic mass is 16.5. The number of imidazole rings is 1. The van der Waals surface area contributed by atoms with E-state index in [1.54, 1.807) is 26.4 Å². The van der Waals surface area contributed by atoms with Gasteiger partial charge in [0.05, 0.1) is 12.9 Å². The van der Waals surface area contributed by atoms with E-state index in [1.165, 1.54) is 19.6 Å². The van der Waals surface area contributed by atoms with E-state index < -0.39 is 17.3 Å². The number of hydrogen-bond acceptors (Lipinski definition) is 7. The summed E-state index contributed by atoms with van der Waals surface area (Å²) in [7, 11) is 1.53. The van der Waals surface area contributed by atoms with Gasteiger partial charge >= 0.3 is 0 Å². The molecule has 1 heterocycles. The summed E-state index contributed by atoms with van der Waals surface area (Å²) in [5, 5.41) is 8.52. The highest BCUT2D eigenvalue weighted by molar-refractivity contribution is 5.94. The monoisotopic (exact) mass is 611 g/mol. The second-order valence-electron chi connectivity index (χ2n) is 11.9. The van der Waals surface area contributed by atoms with Crippen LogP contribution in [0.2, 0.25) is 0 Å². The number of benzene rings is 1. The molecule has 44 heavy (non-hydrogen) atoms. The van der Waals surface area contributed by atoms with Crippen LogP contribution in [0, 0.1) is 17.3 Å². The smallest absolute Gasteiger partial charge is 0.223 e. The molecule has 2 atom stereocenters. The number of amides is 3. The molecule has 11 heteroatoms. The van der Waals surface area contributed by atoms with Crippen LogP contribution in [-0.4, -0.2) is 72.2 Å². The summed E-state index contributed by atoms with van der Waals surface area (Å²) in [5.41, 5.74) is 0.107. The van der Waals surface area contributed by atoms with Crippen LogP contribution < -0.4 is 16.0 Å². The lowest BCUT2D eigenvalue weighted by Gasteiger charge is -2.31. The van der Waals surface area contributed by atoms with Gasteiger partial charge in [0.15, 0.2) is 0 Å². The van der Waals surface area contributed by atoms with Gasteiger partial charge in [-0.1, -0.05) is 44.2 Å². The van der Waals surface area contributed by atoms with Crippen molar-refractivity contribution >= 4 is 29.3 Å². The lowest BCUT2D eigenvalue weighted by molar-refractivity contribution is -0.139. The molecule has 0 bridgehead atoms. The van der Waals surface area contributed by atoms with Gasteiger partial charge in [-0.2, -0.15) is 0 Å². The summed E-state index contributed by atoms with van der Waals surface area (Å²) in [6.07, 6.45) is 7.30. The third kappa shape index (κ3) is 14.1. The minimum absolute atomic E-state index is 0.0677. The summed E-state index contributed by atoms with van der Waals surface area (Å²) in [6.45, 7) is 6.97. The zero-order chi connectivity index (χ0) is 32.4. The van der Waals surface area contributed by atoms with Gasteiger partial charge in [-0.3, -0.25) is 19.2 Å². The van der Waals surface area contributed by atoms with Crippen molar-refractivity contribution in [1.82, 2.24) is 25.5 Å². The average molecular weight is 612 g/mol. The molecule has 1 aromatic carbocycles. The molecule has 3 N–H and O–H groups in total. The molecule has 0 aliphatic carbocycles. The van der Waals surface area contributed by atoms with E-state index in [0.29, 0.717) is 32.7 Å². The first-order valence-electron chi connectivity index (χ1n) is 15.3. The predicted octanol–water partition coefficient (Wildman–Crippen LogP) is 2.88. The second-order valence-corrected chi connectivity index (χ2v) is 11.9. The van der Waals surface area contributed by atoms with E-state index in [0.717, 1.165) is 12.8 Å². The first-order chi connectivity index (χ1) is 21.0.